The molecule has 1 aliphatic heterocycles. The van der Waals surface area contributed by atoms with Crippen LogP contribution in [0.2, 0.25) is 0 Å². The summed E-state index contributed by atoms with van der Waals surface area (Å²) in [6.07, 6.45) is 1.60. The Morgan fingerprint density at radius 1 is 1.14 bits per heavy atom. The lowest BCUT2D eigenvalue weighted by Crippen LogP contribution is -2.51. The van der Waals surface area contributed by atoms with Crippen LogP contribution >= 0.6 is 0 Å². The van der Waals surface area contributed by atoms with E-state index in [4.69, 9.17) is 9.47 Å². The van der Waals surface area contributed by atoms with E-state index >= 15 is 0 Å². The molecule has 2 rings (SSSR count). The van der Waals surface area contributed by atoms with E-state index in [1.165, 1.54) is 0 Å². The maximum Gasteiger partial charge on any atom is 0.272 e. The standard InChI is InChI=1S/C15H21N3O4/c1-21-10-11-22-12-14(19)17-6-8-18(9-7-17)15(20)13-4-2-3-5-16-13/h2-5H,6-12H2,1H3. The van der Waals surface area contributed by atoms with Gasteiger partial charge in [0.15, 0.2) is 0 Å². The number of hydrogen-bond acceptors (Lipinski definition) is 5. The largest absolute Gasteiger partial charge is 0.382 e. The van der Waals surface area contributed by atoms with Crippen molar-refractivity contribution in [3.05, 3.63) is 30.1 Å². The monoisotopic (exact) mass is 307 g/mol. The Balaban J connectivity index is 1.75. The molecule has 0 radical (unpaired) electrons. The highest BCUT2D eigenvalue weighted by molar-refractivity contribution is 5.92. The minimum absolute atomic E-state index is 0.0531. The molecule has 1 aromatic rings. The lowest BCUT2D eigenvalue weighted by Gasteiger charge is -2.34. The van der Waals surface area contributed by atoms with Crippen LogP contribution in [-0.4, -0.2) is 79.7 Å². The van der Waals surface area contributed by atoms with Gasteiger partial charge >= 0.3 is 0 Å². The molecule has 0 aromatic carbocycles. The quantitative estimate of drug-likeness (QED) is 0.693. The second kappa shape index (κ2) is 8.45. The first kappa shape index (κ1) is 16.4. The van der Waals surface area contributed by atoms with Crippen molar-refractivity contribution in [2.45, 2.75) is 0 Å². The lowest BCUT2D eigenvalue weighted by atomic mass is 10.2. The number of carbonyl (C=O) groups excluding carboxylic acids is 2. The van der Waals surface area contributed by atoms with Gasteiger partial charge < -0.3 is 19.3 Å². The fourth-order valence-electron chi connectivity index (χ4n) is 2.20. The molecule has 0 aliphatic carbocycles. The molecular formula is C15H21N3O4. The number of amides is 2. The van der Waals surface area contributed by atoms with Gasteiger partial charge in [-0.3, -0.25) is 14.6 Å². The maximum absolute atomic E-state index is 12.2. The van der Waals surface area contributed by atoms with Crippen molar-refractivity contribution in [3.8, 4) is 0 Å². The molecule has 0 unspecified atom stereocenters. The zero-order valence-electron chi connectivity index (χ0n) is 12.7. The van der Waals surface area contributed by atoms with Gasteiger partial charge in [-0.1, -0.05) is 6.07 Å². The SMILES string of the molecule is COCCOCC(=O)N1CCN(C(=O)c2ccccn2)CC1. The van der Waals surface area contributed by atoms with Gasteiger partial charge in [0.1, 0.15) is 12.3 Å². The third-order valence-electron chi connectivity index (χ3n) is 3.46. The van der Waals surface area contributed by atoms with E-state index in [0.29, 0.717) is 45.1 Å². The summed E-state index contributed by atoms with van der Waals surface area (Å²) >= 11 is 0. The molecule has 0 spiro atoms. The zero-order valence-corrected chi connectivity index (χ0v) is 12.7. The molecule has 7 heteroatoms. The second-order valence-electron chi connectivity index (χ2n) is 4.93. The molecule has 120 valence electrons. The molecule has 1 aliphatic rings. The highest BCUT2D eigenvalue weighted by Gasteiger charge is 2.25. The van der Waals surface area contributed by atoms with Crippen LogP contribution in [0, 0.1) is 0 Å². The molecule has 0 bridgehead atoms. The lowest BCUT2D eigenvalue weighted by molar-refractivity contribution is -0.138. The molecular weight excluding hydrogens is 286 g/mol. The van der Waals surface area contributed by atoms with Gasteiger partial charge in [0.2, 0.25) is 5.91 Å². The summed E-state index contributed by atoms with van der Waals surface area (Å²) < 4.78 is 10.1. The van der Waals surface area contributed by atoms with E-state index in [2.05, 4.69) is 4.98 Å². The Hall–Kier alpha value is -1.99. The first-order chi connectivity index (χ1) is 10.7. The highest BCUT2D eigenvalue weighted by atomic mass is 16.5. The van der Waals surface area contributed by atoms with E-state index in [9.17, 15) is 9.59 Å². The van der Waals surface area contributed by atoms with Crippen LogP contribution in [0.5, 0.6) is 0 Å². The van der Waals surface area contributed by atoms with Gasteiger partial charge in [0, 0.05) is 39.5 Å². The topological polar surface area (TPSA) is 72.0 Å². The van der Waals surface area contributed by atoms with Crippen LogP contribution in [0.25, 0.3) is 0 Å². The van der Waals surface area contributed by atoms with Crippen molar-refractivity contribution in [1.29, 1.82) is 0 Å². The van der Waals surface area contributed by atoms with Gasteiger partial charge in [0.25, 0.3) is 5.91 Å². The van der Waals surface area contributed by atoms with Crippen LogP contribution < -0.4 is 0 Å². The number of ether oxygens (including phenoxy) is 2. The third kappa shape index (κ3) is 4.51. The van der Waals surface area contributed by atoms with Crippen LogP contribution in [0.3, 0.4) is 0 Å². The fraction of sp³-hybridized carbons (Fsp3) is 0.533. The first-order valence-electron chi connectivity index (χ1n) is 7.27. The van der Waals surface area contributed by atoms with Crippen molar-refractivity contribution >= 4 is 11.8 Å². The average molecular weight is 307 g/mol. The van der Waals surface area contributed by atoms with Crippen molar-refractivity contribution in [3.63, 3.8) is 0 Å². The number of carbonyl (C=O) groups is 2. The summed E-state index contributed by atoms with van der Waals surface area (Å²) in [5.74, 6) is -0.148. The van der Waals surface area contributed by atoms with Gasteiger partial charge in [-0.05, 0) is 12.1 Å². The van der Waals surface area contributed by atoms with Crippen molar-refractivity contribution in [2.75, 3.05) is 53.1 Å². The summed E-state index contributed by atoms with van der Waals surface area (Å²) in [5, 5.41) is 0. The van der Waals surface area contributed by atoms with Crippen molar-refractivity contribution in [2.24, 2.45) is 0 Å². The molecule has 7 nitrogen and oxygen atoms in total. The summed E-state index contributed by atoms with van der Waals surface area (Å²) in [7, 11) is 1.59. The number of piperazine rings is 1. The van der Waals surface area contributed by atoms with Crippen molar-refractivity contribution < 1.29 is 19.1 Å². The predicted molar refractivity (Wildman–Crippen MR) is 79.4 cm³/mol. The number of aromatic nitrogens is 1. The summed E-state index contributed by atoms with van der Waals surface area (Å²) in [6.45, 7) is 2.99. The molecule has 1 saturated heterocycles. The Morgan fingerprint density at radius 3 is 2.50 bits per heavy atom. The average Bonchev–Trinajstić information content (AvgIpc) is 2.59. The van der Waals surface area contributed by atoms with E-state index in [1.54, 1.807) is 41.3 Å². The highest BCUT2D eigenvalue weighted by Crippen LogP contribution is 2.07. The van der Waals surface area contributed by atoms with E-state index in [1.807, 2.05) is 0 Å². The van der Waals surface area contributed by atoms with Crippen LogP contribution in [0.4, 0.5) is 0 Å². The third-order valence-corrected chi connectivity index (χ3v) is 3.46. The Morgan fingerprint density at radius 2 is 1.86 bits per heavy atom. The normalized spacial score (nSPS) is 15.0. The van der Waals surface area contributed by atoms with Crippen LogP contribution in [-0.2, 0) is 14.3 Å². The summed E-state index contributed by atoms with van der Waals surface area (Å²) in [5.41, 5.74) is 0.435. The maximum atomic E-state index is 12.2. The summed E-state index contributed by atoms with van der Waals surface area (Å²) in [4.78, 5) is 31.7. The predicted octanol–water partition coefficient (Wildman–Crippen LogP) is 0.0290. The summed E-state index contributed by atoms with van der Waals surface area (Å²) in [6, 6.07) is 5.26. The molecule has 1 fully saturated rings. The van der Waals surface area contributed by atoms with Gasteiger partial charge in [0.05, 0.1) is 13.2 Å². The zero-order chi connectivity index (χ0) is 15.8. The first-order valence-corrected chi connectivity index (χ1v) is 7.27. The second-order valence-corrected chi connectivity index (χ2v) is 4.93. The van der Waals surface area contributed by atoms with E-state index in [0.717, 1.165) is 0 Å². The molecule has 1 aromatic heterocycles. The van der Waals surface area contributed by atoms with Gasteiger partial charge in [-0.15, -0.1) is 0 Å². The Labute approximate surface area is 129 Å². The van der Waals surface area contributed by atoms with Gasteiger partial charge in [-0.2, -0.15) is 0 Å². The van der Waals surface area contributed by atoms with E-state index in [-0.39, 0.29) is 18.4 Å². The van der Waals surface area contributed by atoms with E-state index < -0.39 is 0 Å². The van der Waals surface area contributed by atoms with Gasteiger partial charge in [-0.25, -0.2) is 0 Å². The Bertz CT molecular complexity index is 487. The van der Waals surface area contributed by atoms with Crippen molar-refractivity contribution in [1.82, 2.24) is 14.8 Å². The van der Waals surface area contributed by atoms with Crippen LogP contribution in [0.15, 0.2) is 24.4 Å². The molecule has 0 saturated carbocycles. The number of hydrogen-bond donors (Lipinski definition) is 0. The molecule has 2 heterocycles. The van der Waals surface area contributed by atoms with Crippen LogP contribution in [0.1, 0.15) is 10.5 Å². The minimum atomic E-state index is -0.0935. The number of rotatable bonds is 6. The molecule has 0 atom stereocenters. The number of methoxy groups -OCH3 is 1. The molecule has 2 amide bonds. The molecule has 0 N–H and O–H groups in total. The molecule has 22 heavy (non-hydrogen) atoms. The fourth-order valence-corrected chi connectivity index (χ4v) is 2.20. The Kier molecular flexibility index (Phi) is 6.29. The smallest absolute Gasteiger partial charge is 0.272 e. The number of pyridine rings is 1. The minimum Gasteiger partial charge on any atom is -0.382 e. The number of nitrogens with zero attached hydrogens (tertiary/aromatic N) is 3.